The fraction of sp³-hybridized carbons (Fsp3) is 0.0667. The molecule has 0 unspecified atom stereocenters. The number of methoxy groups -OCH3 is 1. The first-order valence-electron chi connectivity index (χ1n) is 6.18. The quantitative estimate of drug-likeness (QED) is 0.764. The second-order valence-electron chi connectivity index (χ2n) is 4.33. The first kappa shape index (κ1) is 12.2. The van der Waals surface area contributed by atoms with E-state index >= 15 is 0 Å². The first-order chi connectivity index (χ1) is 9.79. The Kier molecular flexibility index (Phi) is 3.09. The molecule has 0 aliphatic heterocycles. The molecule has 0 radical (unpaired) electrons. The molecule has 0 bridgehead atoms. The van der Waals surface area contributed by atoms with Crippen LogP contribution in [0.4, 0.5) is 5.82 Å². The minimum absolute atomic E-state index is 0.462. The molecule has 0 amide bonds. The van der Waals surface area contributed by atoms with E-state index < -0.39 is 0 Å². The van der Waals surface area contributed by atoms with Gasteiger partial charge in [0.05, 0.1) is 18.4 Å². The van der Waals surface area contributed by atoms with E-state index in [-0.39, 0.29) is 0 Å². The van der Waals surface area contributed by atoms with Gasteiger partial charge in [0.25, 0.3) is 0 Å². The van der Waals surface area contributed by atoms with E-state index in [9.17, 15) is 0 Å². The maximum atomic E-state index is 5.97. The van der Waals surface area contributed by atoms with Gasteiger partial charge in [-0.15, -0.1) is 0 Å². The molecule has 3 rings (SSSR count). The SMILES string of the molecule is COc1ccc(-c2[nH]nc(N)c2-c2cccnc2)cc1. The lowest BCUT2D eigenvalue weighted by Gasteiger charge is -2.05. The molecule has 3 N–H and O–H groups in total. The maximum absolute atomic E-state index is 5.97. The molecule has 0 saturated heterocycles. The molecule has 0 saturated carbocycles. The van der Waals surface area contributed by atoms with Crippen LogP contribution in [0.2, 0.25) is 0 Å². The monoisotopic (exact) mass is 266 g/mol. The number of aromatic amines is 1. The average molecular weight is 266 g/mol. The van der Waals surface area contributed by atoms with E-state index in [4.69, 9.17) is 10.5 Å². The summed E-state index contributed by atoms with van der Waals surface area (Å²) in [5.74, 6) is 1.27. The Balaban J connectivity index is 2.11. The van der Waals surface area contributed by atoms with E-state index in [1.807, 2.05) is 36.4 Å². The minimum Gasteiger partial charge on any atom is -0.497 e. The van der Waals surface area contributed by atoms with Gasteiger partial charge in [0.15, 0.2) is 5.82 Å². The predicted octanol–water partition coefficient (Wildman–Crippen LogP) is 2.73. The molecule has 5 nitrogen and oxygen atoms in total. The summed E-state index contributed by atoms with van der Waals surface area (Å²) in [7, 11) is 1.64. The van der Waals surface area contributed by atoms with E-state index in [0.29, 0.717) is 5.82 Å². The summed E-state index contributed by atoms with van der Waals surface area (Å²) in [5.41, 5.74) is 9.64. The molecule has 2 aromatic heterocycles. The van der Waals surface area contributed by atoms with E-state index in [2.05, 4.69) is 15.2 Å². The fourth-order valence-electron chi connectivity index (χ4n) is 2.13. The number of aromatic nitrogens is 3. The molecular weight excluding hydrogens is 252 g/mol. The van der Waals surface area contributed by atoms with Gasteiger partial charge in [-0.2, -0.15) is 5.10 Å². The summed E-state index contributed by atoms with van der Waals surface area (Å²) in [4.78, 5) is 4.13. The van der Waals surface area contributed by atoms with Crippen molar-refractivity contribution in [2.24, 2.45) is 0 Å². The molecule has 5 heteroatoms. The molecule has 0 aliphatic rings. The van der Waals surface area contributed by atoms with Gasteiger partial charge in [-0.3, -0.25) is 10.1 Å². The van der Waals surface area contributed by atoms with Gasteiger partial charge in [-0.25, -0.2) is 0 Å². The molecule has 0 atom stereocenters. The van der Waals surface area contributed by atoms with Crippen LogP contribution in [-0.2, 0) is 0 Å². The van der Waals surface area contributed by atoms with Crippen LogP contribution in [0.15, 0.2) is 48.8 Å². The van der Waals surface area contributed by atoms with Crippen LogP contribution in [0.25, 0.3) is 22.4 Å². The van der Waals surface area contributed by atoms with Gasteiger partial charge in [0.1, 0.15) is 5.75 Å². The van der Waals surface area contributed by atoms with E-state index in [1.165, 1.54) is 0 Å². The lowest BCUT2D eigenvalue weighted by molar-refractivity contribution is 0.415. The zero-order valence-corrected chi connectivity index (χ0v) is 11.0. The third kappa shape index (κ3) is 2.09. The Labute approximate surface area is 116 Å². The van der Waals surface area contributed by atoms with E-state index in [1.54, 1.807) is 19.5 Å². The summed E-state index contributed by atoms with van der Waals surface area (Å²) in [5, 5.41) is 7.09. The van der Waals surface area contributed by atoms with Crippen molar-refractivity contribution in [3.05, 3.63) is 48.8 Å². The van der Waals surface area contributed by atoms with Crippen molar-refractivity contribution >= 4 is 5.82 Å². The summed E-state index contributed by atoms with van der Waals surface area (Å²) in [6.45, 7) is 0. The molecule has 1 aromatic carbocycles. The summed E-state index contributed by atoms with van der Waals surface area (Å²) in [6.07, 6.45) is 3.50. The normalized spacial score (nSPS) is 10.4. The van der Waals surface area contributed by atoms with Crippen LogP contribution in [0, 0.1) is 0 Å². The number of benzene rings is 1. The van der Waals surface area contributed by atoms with Crippen molar-refractivity contribution in [1.29, 1.82) is 0 Å². The molecule has 100 valence electrons. The summed E-state index contributed by atoms with van der Waals surface area (Å²) in [6, 6.07) is 11.6. The van der Waals surface area contributed by atoms with Crippen LogP contribution in [0.3, 0.4) is 0 Å². The van der Waals surface area contributed by atoms with Crippen LogP contribution < -0.4 is 10.5 Å². The van der Waals surface area contributed by atoms with Crippen molar-refractivity contribution in [3.63, 3.8) is 0 Å². The number of nitrogens with zero attached hydrogens (tertiary/aromatic N) is 2. The molecule has 3 aromatic rings. The number of nitrogens with one attached hydrogen (secondary N) is 1. The molecule has 0 spiro atoms. The molecule has 0 fully saturated rings. The lowest BCUT2D eigenvalue weighted by Crippen LogP contribution is -1.89. The van der Waals surface area contributed by atoms with Crippen LogP contribution in [-0.4, -0.2) is 22.3 Å². The van der Waals surface area contributed by atoms with Crippen molar-refractivity contribution < 1.29 is 4.74 Å². The standard InChI is InChI=1S/C15H14N4O/c1-20-12-6-4-10(5-7-12)14-13(15(16)19-18-14)11-3-2-8-17-9-11/h2-9H,1H3,(H3,16,18,19). The van der Waals surface area contributed by atoms with Crippen LogP contribution >= 0.6 is 0 Å². The molecular formula is C15H14N4O. The largest absolute Gasteiger partial charge is 0.497 e. The highest BCUT2D eigenvalue weighted by Gasteiger charge is 2.14. The number of hydrogen-bond donors (Lipinski definition) is 2. The van der Waals surface area contributed by atoms with Crippen molar-refractivity contribution in [2.45, 2.75) is 0 Å². The summed E-state index contributed by atoms with van der Waals surface area (Å²) >= 11 is 0. The second kappa shape index (κ2) is 5.05. The topological polar surface area (TPSA) is 76.8 Å². The van der Waals surface area contributed by atoms with Gasteiger partial charge < -0.3 is 10.5 Å². The fourth-order valence-corrected chi connectivity index (χ4v) is 2.13. The third-order valence-corrected chi connectivity index (χ3v) is 3.12. The Morgan fingerprint density at radius 3 is 2.55 bits per heavy atom. The highest BCUT2D eigenvalue weighted by atomic mass is 16.5. The Hall–Kier alpha value is -2.82. The Morgan fingerprint density at radius 1 is 1.10 bits per heavy atom. The van der Waals surface area contributed by atoms with Gasteiger partial charge in [0, 0.05) is 23.5 Å². The molecule has 0 aliphatic carbocycles. The first-order valence-corrected chi connectivity index (χ1v) is 6.18. The van der Waals surface area contributed by atoms with Gasteiger partial charge >= 0.3 is 0 Å². The van der Waals surface area contributed by atoms with Crippen molar-refractivity contribution in [2.75, 3.05) is 12.8 Å². The Bertz CT molecular complexity index is 704. The van der Waals surface area contributed by atoms with Gasteiger partial charge in [-0.1, -0.05) is 6.07 Å². The Morgan fingerprint density at radius 2 is 1.90 bits per heavy atom. The highest BCUT2D eigenvalue weighted by molar-refractivity contribution is 5.87. The number of hydrogen-bond acceptors (Lipinski definition) is 4. The van der Waals surface area contributed by atoms with Crippen LogP contribution in [0.5, 0.6) is 5.75 Å². The van der Waals surface area contributed by atoms with Gasteiger partial charge in [0.2, 0.25) is 0 Å². The van der Waals surface area contributed by atoms with Crippen molar-refractivity contribution in [1.82, 2.24) is 15.2 Å². The lowest BCUT2D eigenvalue weighted by atomic mass is 10.0. The third-order valence-electron chi connectivity index (χ3n) is 3.12. The number of rotatable bonds is 3. The summed E-state index contributed by atoms with van der Waals surface area (Å²) < 4.78 is 5.16. The molecule has 20 heavy (non-hydrogen) atoms. The van der Waals surface area contributed by atoms with E-state index in [0.717, 1.165) is 28.1 Å². The zero-order valence-electron chi connectivity index (χ0n) is 11.0. The number of nitrogens with two attached hydrogens (primary N) is 1. The highest BCUT2D eigenvalue weighted by Crippen LogP contribution is 2.34. The number of ether oxygens (including phenoxy) is 1. The second-order valence-corrected chi connectivity index (χ2v) is 4.33. The number of anilines is 1. The number of H-pyrrole nitrogens is 1. The smallest absolute Gasteiger partial charge is 0.153 e. The molecule has 2 heterocycles. The van der Waals surface area contributed by atoms with Crippen LogP contribution in [0.1, 0.15) is 0 Å². The minimum atomic E-state index is 0.462. The average Bonchev–Trinajstić information content (AvgIpc) is 2.90. The maximum Gasteiger partial charge on any atom is 0.153 e. The zero-order chi connectivity index (χ0) is 13.9. The number of nitrogen functional groups attached to an aromatic ring is 1. The predicted molar refractivity (Wildman–Crippen MR) is 78.2 cm³/mol. The van der Waals surface area contributed by atoms with Crippen molar-refractivity contribution in [3.8, 4) is 28.1 Å². The van der Waals surface area contributed by atoms with Gasteiger partial charge in [-0.05, 0) is 30.3 Å². The number of pyridine rings is 1.